The number of ether oxygens (including phenoxy) is 2. The molecule has 0 aliphatic carbocycles. The highest BCUT2D eigenvalue weighted by Crippen LogP contribution is 2.29. The van der Waals surface area contributed by atoms with E-state index in [0.717, 1.165) is 5.69 Å². The highest BCUT2D eigenvalue weighted by atomic mass is 32.1. The lowest BCUT2D eigenvalue weighted by atomic mass is 10.3. The first kappa shape index (κ1) is 14.1. The molecule has 2 N–H and O–H groups in total. The molecule has 20 heavy (non-hydrogen) atoms. The Hall–Kier alpha value is -2.28. The molecule has 1 heterocycles. The number of hydrogen-bond donors (Lipinski definition) is 2. The summed E-state index contributed by atoms with van der Waals surface area (Å²) in [6.45, 7) is 1.87. The summed E-state index contributed by atoms with van der Waals surface area (Å²) >= 11 is 1.37. The van der Waals surface area contributed by atoms with Gasteiger partial charge in [0.05, 0.1) is 19.9 Å². The van der Waals surface area contributed by atoms with Gasteiger partial charge >= 0.3 is 6.03 Å². The van der Waals surface area contributed by atoms with Crippen LogP contribution in [0.15, 0.2) is 23.6 Å². The van der Waals surface area contributed by atoms with Crippen LogP contribution in [0, 0.1) is 6.92 Å². The van der Waals surface area contributed by atoms with Crippen molar-refractivity contribution in [2.75, 3.05) is 24.9 Å². The minimum absolute atomic E-state index is 0.355. The fourth-order valence-corrected chi connectivity index (χ4v) is 2.27. The van der Waals surface area contributed by atoms with Crippen molar-refractivity contribution in [3.05, 3.63) is 29.3 Å². The quantitative estimate of drug-likeness (QED) is 0.908. The van der Waals surface area contributed by atoms with Gasteiger partial charge in [0.1, 0.15) is 0 Å². The maximum absolute atomic E-state index is 11.8. The molecule has 0 aliphatic rings. The number of urea groups is 1. The Labute approximate surface area is 120 Å². The van der Waals surface area contributed by atoms with Gasteiger partial charge in [-0.3, -0.25) is 5.32 Å². The number of benzene rings is 1. The van der Waals surface area contributed by atoms with E-state index in [1.165, 1.54) is 11.3 Å². The molecule has 106 valence electrons. The summed E-state index contributed by atoms with van der Waals surface area (Å²) in [5, 5.41) is 7.79. The molecule has 0 radical (unpaired) electrons. The van der Waals surface area contributed by atoms with Gasteiger partial charge in [0.2, 0.25) is 0 Å². The molecule has 0 fully saturated rings. The first-order valence-electron chi connectivity index (χ1n) is 5.84. The highest BCUT2D eigenvalue weighted by molar-refractivity contribution is 7.13. The molecule has 2 amide bonds. The summed E-state index contributed by atoms with van der Waals surface area (Å²) in [4.78, 5) is 16.0. The van der Waals surface area contributed by atoms with Crippen LogP contribution in [0.4, 0.5) is 15.6 Å². The van der Waals surface area contributed by atoms with E-state index in [4.69, 9.17) is 9.47 Å². The Kier molecular flexibility index (Phi) is 4.41. The maximum Gasteiger partial charge on any atom is 0.325 e. The van der Waals surface area contributed by atoms with Gasteiger partial charge in [0.15, 0.2) is 16.6 Å². The number of aromatic nitrogens is 1. The number of hydrogen-bond acceptors (Lipinski definition) is 5. The van der Waals surface area contributed by atoms with Crippen LogP contribution >= 0.6 is 11.3 Å². The number of anilines is 2. The van der Waals surface area contributed by atoms with Crippen LogP contribution in [0.25, 0.3) is 0 Å². The predicted molar refractivity (Wildman–Crippen MR) is 79.0 cm³/mol. The zero-order valence-electron chi connectivity index (χ0n) is 11.4. The summed E-state index contributed by atoms with van der Waals surface area (Å²) in [5.41, 5.74) is 1.48. The van der Waals surface area contributed by atoms with Gasteiger partial charge < -0.3 is 14.8 Å². The van der Waals surface area contributed by atoms with Crippen LogP contribution < -0.4 is 20.1 Å². The number of nitrogens with one attached hydrogen (secondary N) is 2. The first-order valence-corrected chi connectivity index (χ1v) is 6.72. The van der Waals surface area contributed by atoms with Crippen molar-refractivity contribution in [1.29, 1.82) is 0 Å². The third kappa shape index (κ3) is 3.39. The average molecular weight is 293 g/mol. The number of nitrogens with zero attached hydrogens (tertiary/aromatic N) is 1. The molecule has 0 unspecified atom stereocenters. The van der Waals surface area contributed by atoms with Crippen molar-refractivity contribution < 1.29 is 14.3 Å². The Morgan fingerprint density at radius 3 is 2.55 bits per heavy atom. The number of rotatable bonds is 4. The Morgan fingerprint density at radius 2 is 1.95 bits per heavy atom. The number of carbonyl (C=O) groups is 1. The second-order valence-electron chi connectivity index (χ2n) is 3.94. The van der Waals surface area contributed by atoms with Crippen LogP contribution in [-0.2, 0) is 0 Å². The second-order valence-corrected chi connectivity index (χ2v) is 4.80. The summed E-state index contributed by atoms with van der Waals surface area (Å²) in [6, 6.07) is 4.79. The van der Waals surface area contributed by atoms with E-state index in [0.29, 0.717) is 22.3 Å². The van der Waals surface area contributed by atoms with Gasteiger partial charge in [-0.25, -0.2) is 9.78 Å². The molecule has 0 aliphatic heterocycles. The van der Waals surface area contributed by atoms with Gasteiger partial charge in [0.25, 0.3) is 0 Å². The topological polar surface area (TPSA) is 72.5 Å². The molecule has 0 saturated carbocycles. The maximum atomic E-state index is 11.8. The third-order valence-electron chi connectivity index (χ3n) is 2.48. The number of methoxy groups -OCH3 is 2. The largest absolute Gasteiger partial charge is 0.493 e. The van der Waals surface area contributed by atoms with Gasteiger partial charge in [-0.15, -0.1) is 11.3 Å². The van der Waals surface area contributed by atoms with Crippen molar-refractivity contribution in [3.8, 4) is 11.5 Å². The smallest absolute Gasteiger partial charge is 0.325 e. The molecule has 0 atom stereocenters. The van der Waals surface area contributed by atoms with E-state index in [2.05, 4.69) is 15.6 Å². The summed E-state index contributed by atoms with van der Waals surface area (Å²) in [5.74, 6) is 1.16. The molecule has 1 aromatic heterocycles. The Balaban J connectivity index is 2.04. The minimum atomic E-state index is -0.355. The van der Waals surface area contributed by atoms with Crippen molar-refractivity contribution >= 4 is 28.2 Å². The van der Waals surface area contributed by atoms with Crippen molar-refractivity contribution in [2.45, 2.75) is 6.92 Å². The molecule has 2 aromatic rings. The molecule has 2 rings (SSSR count). The zero-order chi connectivity index (χ0) is 14.5. The van der Waals surface area contributed by atoms with E-state index in [1.54, 1.807) is 32.4 Å². The van der Waals surface area contributed by atoms with Gasteiger partial charge in [-0.1, -0.05) is 0 Å². The van der Waals surface area contributed by atoms with Crippen LogP contribution in [0.5, 0.6) is 11.5 Å². The van der Waals surface area contributed by atoms with Gasteiger partial charge in [-0.05, 0) is 19.1 Å². The first-order chi connectivity index (χ1) is 9.62. The number of aryl methyl sites for hydroxylation is 1. The molecular formula is C13H15N3O3S. The van der Waals surface area contributed by atoms with Crippen LogP contribution in [0.1, 0.15) is 5.69 Å². The molecule has 7 heteroatoms. The predicted octanol–water partition coefficient (Wildman–Crippen LogP) is 3.11. The van der Waals surface area contributed by atoms with E-state index >= 15 is 0 Å². The Bertz CT molecular complexity index is 613. The molecule has 6 nitrogen and oxygen atoms in total. The fraction of sp³-hybridized carbons (Fsp3) is 0.231. The van der Waals surface area contributed by atoms with Gasteiger partial charge in [0, 0.05) is 17.1 Å². The third-order valence-corrected chi connectivity index (χ3v) is 3.36. The summed E-state index contributed by atoms with van der Waals surface area (Å²) < 4.78 is 10.3. The van der Waals surface area contributed by atoms with Crippen LogP contribution in [0.3, 0.4) is 0 Å². The fourth-order valence-electron chi connectivity index (χ4n) is 1.58. The average Bonchev–Trinajstić information content (AvgIpc) is 2.83. The molecule has 0 bridgehead atoms. The summed E-state index contributed by atoms with van der Waals surface area (Å²) in [7, 11) is 3.10. The normalized spacial score (nSPS) is 9.95. The molecule has 1 aromatic carbocycles. The van der Waals surface area contributed by atoms with Crippen LogP contribution in [0.2, 0.25) is 0 Å². The van der Waals surface area contributed by atoms with Crippen molar-refractivity contribution in [2.24, 2.45) is 0 Å². The van der Waals surface area contributed by atoms with E-state index in [9.17, 15) is 4.79 Å². The standard InChI is InChI=1S/C13H15N3O3S/c1-8-7-20-13(14-8)16-12(17)15-9-4-5-10(18-2)11(6-9)19-3/h4-7H,1-3H3,(H2,14,15,16,17). The van der Waals surface area contributed by atoms with Gasteiger partial charge in [-0.2, -0.15) is 0 Å². The summed E-state index contributed by atoms with van der Waals surface area (Å²) in [6.07, 6.45) is 0. The highest BCUT2D eigenvalue weighted by Gasteiger charge is 2.08. The number of thiazole rings is 1. The number of amides is 2. The van der Waals surface area contributed by atoms with E-state index < -0.39 is 0 Å². The van der Waals surface area contributed by atoms with Crippen molar-refractivity contribution in [1.82, 2.24) is 4.98 Å². The van der Waals surface area contributed by atoms with E-state index in [1.807, 2.05) is 12.3 Å². The van der Waals surface area contributed by atoms with Crippen LogP contribution in [-0.4, -0.2) is 25.2 Å². The second kappa shape index (κ2) is 6.25. The zero-order valence-corrected chi connectivity index (χ0v) is 12.2. The van der Waals surface area contributed by atoms with E-state index in [-0.39, 0.29) is 6.03 Å². The molecule has 0 spiro atoms. The monoisotopic (exact) mass is 293 g/mol. The SMILES string of the molecule is COc1ccc(NC(=O)Nc2nc(C)cs2)cc1OC. The van der Waals surface area contributed by atoms with Crippen molar-refractivity contribution in [3.63, 3.8) is 0 Å². The Morgan fingerprint density at radius 1 is 1.20 bits per heavy atom. The molecular weight excluding hydrogens is 278 g/mol. The lowest BCUT2D eigenvalue weighted by molar-refractivity contribution is 0.262. The molecule has 0 saturated heterocycles. The minimum Gasteiger partial charge on any atom is -0.493 e. The lowest BCUT2D eigenvalue weighted by Gasteiger charge is -2.10. The number of carbonyl (C=O) groups excluding carboxylic acids is 1. The lowest BCUT2D eigenvalue weighted by Crippen LogP contribution is -2.19.